The molecular formula is C30H33FN8O8S2. The van der Waals surface area contributed by atoms with E-state index < -0.39 is 28.6 Å². The maximum atomic E-state index is 12.7. The Hall–Kier alpha value is -4.85. The number of carboxylic acids is 1. The molecule has 16 nitrogen and oxygen atoms in total. The second kappa shape index (κ2) is 16.5. The van der Waals surface area contributed by atoms with Crippen LogP contribution in [-0.2, 0) is 57.1 Å². The van der Waals surface area contributed by atoms with Gasteiger partial charge in [-0.2, -0.15) is 0 Å². The van der Waals surface area contributed by atoms with Gasteiger partial charge in [0.1, 0.15) is 37.0 Å². The van der Waals surface area contributed by atoms with Gasteiger partial charge in [-0.1, -0.05) is 22.6 Å². The first-order valence-corrected chi connectivity index (χ1v) is 17.4. The minimum Gasteiger partial charge on any atom is -0.492 e. The lowest BCUT2D eigenvalue weighted by molar-refractivity contribution is -0.146. The van der Waals surface area contributed by atoms with Crippen molar-refractivity contribution in [2.24, 2.45) is 11.1 Å². The summed E-state index contributed by atoms with van der Waals surface area (Å²) in [6.07, 6.45) is 3.94. The van der Waals surface area contributed by atoms with E-state index >= 15 is 0 Å². The molecule has 0 aliphatic heterocycles. The van der Waals surface area contributed by atoms with Crippen LogP contribution in [0.1, 0.15) is 29.8 Å². The van der Waals surface area contributed by atoms with Crippen molar-refractivity contribution in [2.75, 3.05) is 19.9 Å². The Labute approximate surface area is 283 Å². The molecule has 0 saturated carbocycles. The average molecular weight is 716 g/mol. The molecule has 0 spiro atoms. The standard InChI is InChI=1S/C30H33FN8O8S2/c31-8-2-4-22-14-38(36-34-22)9-10-46-25-5-1-3-20(11-25)17-45-18-21(29(41)42)12-24(40)16-39-15-23(35-37-39)19-47-26-6-7-27-28(13-26)48-30(33-27)49(32,43)44/h1,3,5-7,11,13-15,21H,2,4,8-10,12,16-19H2,(H,41,42)(H2,32,43,44)/t21-/m1/s1/i31-1. The van der Waals surface area contributed by atoms with Crippen molar-refractivity contribution < 1.29 is 41.7 Å². The Morgan fingerprint density at radius 1 is 1.00 bits per heavy atom. The van der Waals surface area contributed by atoms with E-state index in [1.165, 1.54) is 10.9 Å². The number of primary sulfonamides is 1. The maximum Gasteiger partial charge on any atom is 0.309 e. The van der Waals surface area contributed by atoms with Crippen molar-refractivity contribution in [3.8, 4) is 11.5 Å². The van der Waals surface area contributed by atoms with E-state index in [1.54, 1.807) is 47.3 Å². The first-order valence-electron chi connectivity index (χ1n) is 15.0. The molecule has 0 bridgehead atoms. The molecule has 0 unspecified atom stereocenters. The van der Waals surface area contributed by atoms with E-state index in [9.17, 15) is 27.5 Å². The number of ether oxygens (including phenoxy) is 3. The number of ketones is 1. The fourth-order valence-corrected chi connectivity index (χ4v) is 6.27. The van der Waals surface area contributed by atoms with Crippen molar-refractivity contribution in [1.82, 2.24) is 35.0 Å². The van der Waals surface area contributed by atoms with E-state index in [0.29, 0.717) is 53.4 Å². The number of hydrogen-bond donors (Lipinski definition) is 2. The zero-order valence-corrected chi connectivity index (χ0v) is 27.7. The number of sulfonamides is 1. The van der Waals surface area contributed by atoms with E-state index in [2.05, 4.69) is 25.6 Å². The molecule has 0 saturated heterocycles. The molecule has 1 atom stereocenters. The normalized spacial score (nSPS) is 12.3. The summed E-state index contributed by atoms with van der Waals surface area (Å²) in [5.41, 5.74) is 2.38. The van der Waals surface area contributed by atoms with Crippen molar-refractivity contribution in [2.45, 2.75) is 49.9 Å². The third-order valence-corrected chi connectivity index (χ3v) is 9.28. The number of alkyl halides is 1. The number of carbonyl (C=O) groups excluding carboxylic acids is 1. The number of rotatable bonds is 20. The van der Waals surface area contributed by atoms with Crippen LogP contribution in [0.25, 0.3) is 10.2 Å². The molecule has 0 amide bonds. The molecule has 2 aromatic carbocycles. The lowest BCUT2D eigenvalue weighted by atomic mass is 10.0. The van der Waals surface area contributed by atoms with Crippen LogP contribution in [-0.4, -0.2) is 80.1 Å². The van der Waals surface area contributed by atoms with Gasteiger partial charge in [-0.15, -0.1) is 21.5 Å². The summed E-state index contributed by atoms with van der Waals surface area (Å²) in [6, 6.07) is 12.0. The SMILES string of the molecule is NS(=O)(=O)c1nc2ccc(OCc3cn(CC(=O)C[C@H](COCc4cccc(OCCn5cc(CCC[18F])nn5)c4)C(=O)O)nn3)cc2s1. The molecule has 0 aliphatic carbocycles. The number of benzene rings is 2. The lowest BCUT2D eigenvalue weighted by Gasteiger charge is -2.13. The van der Waals surface area contributed by atoms with Crippen LogP contribution in [0.2, 0.25) is 0 Å². The number of halogens is 1. The van der Waals surface area contributed by atoms with Crippen LogP contribution < -0.4 is 14.6 Å². The monoisotopic (exact) mass is 715 g/mol. The number of thiazole rings is 1. The molecule has 260 valence electrons. The van der Waals surface area contributed by atoms with Crippen LogP contribution in [0.15, 0.2) is 59.2 Å². The minimum atomic E-state index is -3.92. The largest absolute Gasteiger partial charge is 0.492 e. The molecule has 3 heterocycles. The number of fused-ring (bicyclic) bond motifs is 1. The Bertz CT molecular complexity index is 2000. The summed E-state index contributed by atoms with van der Waals surface area (Å²) in [6.45, 7) is 0.155. The number of hydrogen-bond acceptors (Lipinski definition) is 13. The highest BCUT2D eigenvalue weighted by Gasteiger charge is 2.22. The van der Waals surface area contributed by atoms with Gasteiger partial charge in [0.2, 0.25) is 4.34 Å². The van der Waals surface area contributed by atoms with Gasteiger partial charge in [-0.05, 0) is 48.7 Å². The summed E-state index contributed by atoms with van der Waals surface area (Å²) in [5.74, 6) is -1.55. The molecule has 49 heavy (non-hydrogen) atoms. The highest BCUT2D eigenvalue weighted by molar-refractivity contribution is 7.91. The number of nitrogens with zero attached hydrogens (tertiary/aromatic N) is 7. The van der Waals surface area contributed by atoms with E-state index in [-0.39, 0.29) is 42.9 Å². The molecule has 0 fully saturated rings. The predicted molar refractivity (Wildman–Crippen MR) is 172 cm³/mol. The zero-order chi connectivity index (χ0) is 34.8. The molecule has 19 heteroatoms. The van der Waals surface area contributed by atoms with Gasteiger partial charge in [-0.25, -0.2) is 27.9 Å². The van der Waals surface area contributed by atoms with Gasteiger partial charge >= 0.3 is 5.97 Å². The van der Waals surface area contributed by atoms with Crippen molar-refractivity contribution in [1.29, 1.82) is 0 Å². The van der Waals surface area contributed by atoms with Crippen LogP contribution in [0, 0.1) is 5.92 Å². The molecule has 5 rings (SSSR count). The van der Waals surface area contributed by atoms with E-state index in [4.69, 9.17) is 19.3 Å². The summed E-state index contributed by atoms with van der Waals surface area (Å²) in [7, 11) is -3.92. The molecule has 0 aliphatic rings. The lowest BCUT2D eigenvalue weighted by Crippen LogP contribution is -2.25. The van der Waals surface area contributed by atoms with Crippen LogP contribution in [0.5, 0.6) is 11.5 Å². The Morgan fingerprint density at radius 3 is 2.57 bits per heavy atom. The summed E-state index contributed by atoms with van der Waals surface area (Å²) in [5, 5.41) is 30.8. The minimum absolute atomic E-state index is 0.0175. The maximum absolute atomic E-state index is 12.7. The Morgan fingerprint density at radius 2 is 1.78 bits per heavy atom. The molecular weight excluding hydrogens is 683 g/mol. The predicted octanol–water partition coefficient (Wildman–Crippen LogP) is 2.56. The first kappa shape index (κ1) is 35.5. The second-order valence-corrected chi connectivity index (χ2v) is 13.7. The highest BCUT2D eigenvalue weighted by Crippen LogP contribution is 2.28. The van der Waals surface area contributed by atoms with Gasteiger partial charge in [0.15, 0.2) is 5.78 Å². The van der Waals surface area contributed by atoms with E-state index in [0.717, 1.165) is 22.6 Å². The van der Waals surface area contributed by atoms with Crippen LogP contribution in [0.4, 0.5) is 4.39 Å². The van der Waals surface area contributed by atoms with Gasteiger partial charge in [0.25, 0.3) is 10.0 Å². The second-order valence-electron chi connectivity index (χ2n) is 10.9. The number of aliphatic carboxylic acids is 1. The summed E-state index contributed by atoms with van der Waals surface area (Å²) in [4.78, 5) is 28.6. The smallest absolute Gasteiger partial charge is 0.309 e. The third-order valence-electron chi connectivity index (χ3n) is 6.95. The number of carbonyl (C=O) groups is 2. The van der Waals surface area contributed by atoms with Crippen LogP contribution in [0.3, 0.4) is 0 Å². The molecule has 5 aromatic rings. The van der Waals surface area contributed by atoms with Crippen molar-refractivity contribution in [3.05, 3.63) is 71.8 Å². The van der Waals surface area contributed by atoms with Gasteiger partial charge in [-0.3, -0.25) is 14.0 Å². The summed E-state index contributed by atoms with van der Waals surface area (Å²) < 4.78 is 56.0. The molecule has 3 aromatic heterocycles. The Kier molecular flexibility index (Phi) is 11.9. The van der Waals surface area contributed by atoms with E-state index in [1.807, 2.05) is 6.07 Å². The summed E-state index contributed by atoms with van der Waals surface area (Å²) >= 11 is 0.925. The van der Waals surface area contributed by atoms with Crippen molar-refractivity contribution >= 4 is 43.3 Å². The number of nitrogens with two attached hydrogens (primary N) is 1. The number of carboxylic acid groups (broad SMARTS) is 1. The highest BCUT2D eigenvalue weighted by atomic mass is 32.2. The number of aryl methyl sites for hydroxylation is 1. The quantitative estimate of drug-likeness (QED) is 0.119. The fraction of sp³-hybridized carbons (Fsp3) is 0.367. The average Bonchev–Trinajstić information content (AvgIpc) is 3.82. The molecule has 3 N–H and O–H groups in total. The zero-order valence-electron chi connectivity index (χ0n) is 26.1. The third kappa shape index (κ3) is 10.6. The number of Topliss-reactive ketones (excluding diaryl/α,β-unsaturated/α-hetero) is 1. The number of aromatic nitrogens is 7. The topological polar surface area (TPSA) is 217 Å². The fourth-order valence-electron chi connectivity index (χ4n) is 4.58. The Balaban J connectivity index is 1.04. The molecule has 0 radical (unpaired) electrons. The van der Waals surface area contributed by atoms with Gasteiger partial charge in [0, 0.05) is 12.6 Å². The first-order chi connectivity index (χ1) is 23.6. The van der Waals surface area contributed by atoms with Gasteiger partial charge < -0.3 is 19.3 Å². The van der Waals surface area contributed by atoms with Crippen LogP contribution >= 0.6 is 11.3 Å². The van der Waals surface area contributed by atoms with Crippen molar-refractivity contribution in [3.63, 3.8) is 0 Å². The van der Waals surface area contributed by atoms with Gasteiger partial charge in [0.05, 0.1) is 54.5 Å².